The molecule has 2 aromatic heterocycles. The molecule has 2 rings (SSSR count). The molecule has 0 aromatic carbocycles. The third-order valence-corrected chi connectivity index (χ3v) is 5.69. The molecule has 0 aliphatic rings. The van der Waals surface area contributed by atoms with Crippen LogP contribution in [-0.4, -0.2) is 40.2 Å². The van der Waals surface area contributed by atoms with E-state index in [2.05, 4.69) is 18.8 Å². The minimum Gasteiger partial charge on any atom is -0.348 e. The van der Waals surface area contributed by atoms with Gasteiger partial charge in [-0.05, 0) is 25.3 Å². The molecule has 0 saturated heterocycles. The summed E-state index contributed by atoms with van der Waals surface area (Å²) in [7, 11) is 3.46. The largest absolute Gasteiger partial charge is 0.348 e. The van der Waals surface area contributed by atoms with Crippen LogP contribution in [0.15, 0.2) is 9.95 Å². The van der Waals surface area contributed by atoms with Crippen LogP contribution >= 0.6 is 23.1 Å². The molecule has 0 unspecified atom stereocenters. The lowest BCUT2D eigenvalue weighted by molar-refractivity contribution is -0.125. The molecule has 0 spiro atoms. The van der Waals surface area contributed by atoms with Crippen molar-refractivity contribution in [3.63, 3.8) is 0 Å². The first kappa shape index (κ1) is 18.0. The number of hydrogen-bond acceptors (Lipinski definition) is 5. The molecule has 0 atom stereocenters. The SMILES string of the molecule is Cc1sc2nc(SCC(=O)N(C)C)n(CC(C)C)c(=O)c2c1C. The van der Waals surface area contributed by atoms with Gasteiger partial charge >= 0.3 is 0 Å². The zero-order valence-corrected chi connectivity index (χ0v) is 16.1. The Balaban J connectivity index is 2.53. The summed E-state index contributed by atoms with van der Waals surface area (Å²) >= 11 is 2.88. The van der Waals surface area contributed by atoms with Crippen molar-refractivity contribution in [2.45, 2.75) is 39.4 Å². The average Bonchev–Trinajstić information content (AvgIpc) is 2.74. The summed E-state index contributed by atoms with van der Waals surface area (Å²) in [5.41, 5.74) is 1.02. The van der Waals surface area contributed by atoms with Crippen molar-refractivity contribution in [1.29, 1.82) is 0 Å². The van der Waals surface area contributed by atoms with Crippen molar-refractivity contribution in [1.82, 2.24) is 14.5 Å². The number of carbonyl (C=O) groups excluding carboxylic acids is 1. The van der Waals surface area contributed by atoms with Crippen LogP contribution in [0.4, 0.5) is 0 Å². The fourth-order valence-corrected chi connectivity index (χ4v) is 4.26. The van der Waals surface area contributed by atoms with E-state index in [0.717, 1.165) is 20.7 Å². The number of thiophene rings is 1. The van der Waals surface area contributed by atoms with Gasteiger partial charge in [0.05, 0.1) is 11.1 Å². The van der Waals surface area contributed by atoms with Gasteiger partial charge in [-0.15, -0.1) is 11.3 Å². The second-order valence-electron chi connectivity index (χ2n) is 6.24. The summed E-state index contributed by atoms with van der Waals surface area (Å²) in [5.74, 6) is 0.627. The maximum Gasteiger partial charge on any atom is 0.263 e. The van der Waals surface area contributed by atoms with E-state index in [1.54, 1.807) is 34.9 Å². The van der Waals surface area contributed by atoms with Gasteiger partial charge in [0.1, 0.15) is 4.83 Å². The van der Waals surface area contributed by atoms with Gasteiger partial charge in [0, 0.05) is 25.5 Å². The molecular weight excluding hydrogens is 330 g/mol. The van der Waals surface area contributed by atoms with Crippen LogP contribution in [-0.2, 0) is 11.3 Å². The number of hydrogen-bond donors (Lipinski definition) is 0. The van der Waals surface area contributed by atoms with E-state index in [0.29, 0.717) is 17.6 Å². The minimum atomic E-state index is 0.00496. The van der Waals surface area contributed by atoms with Gasteiger partial charge in [0.25, 0.3) is 5.56 Å². The normalized spacial score (nSPS) is 11.4. The van der Waals surface area contributed by atoms with Crippen molar-refractivity contribution < 1.29 is 4.79 Å². The van der Waals surface area contributed by atoms with E-state index in [1.165, 1.54) is 11.8 Å². The van der Waals surface area contributed by atoms with Gasteiger partial charge in [-0.25, -0.2) is 4.98 Å². The Kier molecular flexibility index (Phi) is 5.52. The van der Waals surface area contributed by atoms with E-state index in [1.807, 2.05) is 13.8 Å². The van der Waals surface area contributed by atoms with Crippen molar-refractivity contribution in [3.8, 4) is 0 Å². The van der Waals surface area contributed by atoms with Crippen LogP contribution < -0.4 is 5.56 Å². The molecule has 0 aliphatic heterocycles. The number of rotatable bonds is 5. The lowest BCUT2D eigenvalue weighted by Crippen LogP contribution is -2.27. The second kappa shape index (κ2) is 7.05. The standard InChI is InChI=1S/C16H23N3O2S2/c1-9(2)7-19-15(21)13-10(3)11(4)23-14(13)17-16(19)22-8-12(20)18(5)6/h9H,7-8H2,1-6H3. The molecule has 5 nitrogen and oxygen atoms in total. The highest BCUT2D eigenvalue weighted by molar-refractivity contribution is 7.99. The van der Waals surface area contributed by atoms with E-state index in [9.17, 15) is 9.59 Å². The molecule has 23 heavy (non-hydrogen) atoms. The minimum absolute atomic E-state index is 0.00496. The monoisotopic (exact) mass is 353 g/mol. The highest BCUT2D eigenvalue weighted by Crippen LogP contribution is 2.28. The van der Waals surface area contributed by atoms with Crippen LogP contribution in [0.1, 0.15) is 24.3 Å². The Morgan fingerprint density at radius 1 is 1.35 bits per heavy atom. The zero-order valence-electron chi connectivity index (χ0n) is 14.5. The van der Waals surface area contributed by atoms with E-state index in [-0.39, 0.29) is 17.2 Å². The maximum atomic E-state index is 12.9. The Labute approximate surface area is 144 Å². The van der Waals surface area contributed by atoms with E-state index < -0.39 is 0 Å². The lowest BCUT2D eigenvalue weighted by atomic mass is 10.2. The molecule has 2 heterocycles. The van der Waals surface area contributed by atoms with Crippen molar-refractivity contribution in [2.75, 3.05) is 19.8 Å². The van der Waals surface area contributed by atoms with Crippen LogP contribution in [0.25, 0.3) is 10.2 Å². The number of aryl methyl sites for hydroxylation is 2. The first-order valence-corrected chi connectivity index (χ1v) is 9.36. The van der Waals surface area contributed by atoms with Crippen LogP contribution in [0.3, 0.4) is 0 Å². The summed E-state index contributed by atoms with van der Waals surface area (Å²) < 4.78 is 1.72. The highest BCUT2D eigenvalue weighted by atomic mass is 32.2. The summed E-state index contributed by atoms with van der Waals surface area (Å²) in [6.45, 7) is 8.73. The summed E-state index contributed by atoms with van der Waals surface area (Å²) in [6, 6.07) is 0. The van der Waals surface area contributed by atoms with Crippen molar-refractivity contribution in [2.24, 2.45) is 5.92 Å². The molecule has 126 valence electrons. The molecule has 2 aromatic rings. The average molecular weight is 354 g/mol. The molecule has 0 saturated carbocycles. The number of fused-ring (bicyclic) bond motifs is 1. The Morgan fingerprint density at radius 3 is 2.57 bits per heavy atom. The molecule has 0 radical (unpaired) electrons. The zero-order chi connectivity index (χ0) is 17.3. The number of carbonyl (C=O) groups is 1. The topological polar surface area (TPSA) is 55.2 Å². The Hall–Kier alpha value is -1.34. The predicted octanol–water partition coefficient (Wildman–Crippen LogP) is 2.91. The van der Waals surface area contributed by atoms with Crippen molar-refractivity contribution in [3.05, 3.63) is 20.8 Å². The summed E-state index contributed by atoms with van der Waals surface area (Å²) in [4.78, 5) is 32.9. The molecule has 0 N–H and O–H groups in total. The summed E-state index contributed by atoms with van der Waals surface area (Å²) in [6.07, 6.45) is 0. The molecule has 0 bridgehead atoms. The van der Waals surface area contributed by atoms with Gasteiger partial charge in [-0.1, -0.05) is 25.6 Å². The lowest BCUT2D eigenvalue weighted by Gasteiger charge is -2.15. The molecule has 1 amide bonds. The second-order valence-corrected chi connectivity index (χ2v) is 8.39. The molecule has 0 aliphatic carbocycles. The number of thioether (sulfide) groups is 1. The van der Waals surface area contributed by atoms with Crippen LogP contribution in [0, 0.1) is 19.8 Å². The quantitative estimate of drug-likeness (QED) is 0.613. The van der Waals surface area contributed by atoms with Gasteiger partial charge in [-0.3, -0.25) is 14.2 Å². The molecular formula is C16H23N3O2S2. The van der Waals surface area contributed by atoms with Gasteiger partial charge in [0.2, 0.25) is 5.91 Å². The van der Waals surface area contributed by atoms with Gasteiger partial charge in [-0.2, -0.15) is 0 Å². The third kappa shape index (κ3) is 3.77. The Bertz CT molecular complexity index is 791. The summed E-state index contributed by atoms with van der Waals surface area (Å²) in [5, 5.41) is 1.35. The third-order valence-electron chi connectivity index (χ3n) is 3.63. The van der Waals surface area contributed by atoms with E-state index in [4.69, 9.17) is 0 Å². The predicted molar refractivity (Wildman–Crippen MR) is 97.6 cm³/mol. The van der Waals surface area contributed by atoms with Crippen molar-refractivity contribution >= 4 is 39.2 Å². The van der Waals surface area contributed by atoms with Crippen LogP contribution in [0.5, 0.6) is 0 Å². The fourth-order valence-electron chi connectivity index (χ4n) is 2.20. The number of amides is 1. The maximum absolute atomic E-state index is 12.9. The van der Waals surface area contributed by atoms with Gasteiger partial charge < -0.3 is 4.90 Å². The number of aromatic nitrogens is 2. The highest BCUT2D eigenvalue weighted by Gasteiger charge is 2.18. The van der Waals surface area contributed by atoms with Gasteiger partial charge in [0.15, 0.2) is 5.16 Å². The number of nitrogens with zero attached hydrogens (tertiary/aromatic N) is 3. The molecule has 7 heteroatoms. The first-order valence-electron chi connectivity index (χ1n) is 7.55. The molecule has 0 fully saturated rings. The smallest absolute Gasteiger partial charge is 0.263 e. The Morgan fingerprint density at radius 2 is 2.00 bits per heavy atom. The van der Waals surface area contributed by atoms with E-state index >= 15 is 0 Å². The first-order chi connectivity index (χ1) is 10.7. The van der Waals surface area contributed by atoms with Crippen LogP contribution in [0.2, 0.25) is 0 Å². The fraction of sp³-hybridized carbons (Fsp3) is 0.562.